The summed E-state index contributed by atoms with van der Waals surface area (Å²) in [4.78, 5) is 8.48. The standard InChI is InChI=1S/C15H19N3O/c1-11-6-13(10-17-8-11)14(16-2)7-12-4-5-15(19-3)18-9-12/h4-6,8-10,14,16H,7H2,1-3H3. The quantitative estimate of drug-likeness (QED) is 0.892. The highest BCUT2D eigenvalue weighted by Crippen LogP contribution is 2.18. The van der Waals surface area contributed by atoms with Crippen LogP contribution in [0.5, 0.6) is 5.88 Å². The molecule has 0 saturated carbocycles. The van der Waals surface area contributed by atoms with E-state index in [1.807, 2.05) is 37.8 Å². The summed E-state index contributed by atoms with van der Waals surface area (Å²) < 4.78 is 5.06. The van der Waals surface area contributed by atoms with Crippen LogP contribution in [0.15, 0.2) is 36.8 Å². The number of ether oxygens (including phenoxy) is 1. The molecule has 0 saturated heterocycles. The van der Waals surface area contributed by atoms with Gasteiger partial charge in [-0.3, -0.25) is 4.98 Å². The van der Waals surface area contributed by atoms with E-state index < -0.39 is 0 Å². The minimum atomic E-state index is 0.239. The van der Waals surface area contributed by atoms with E-state index in [0.717, 1.165) is 6.42 Å². The number of likely N-dealkylation sites (N-methyl/N-ethyl adjacent to an activating group) is 1. The molecule has 0 aliphatic carbocycles. The van der Waals surface area contributed by atoms with Gasteiger partial charge in [-0.2, -0.15) is 0 Å². The highest BCUT2D eigenvalue weighted by molar-refractivity contribution is 5.24. The number of nitrogens with zero attached hydrogens (tertiary/aromatic N) is 2. The number of hydrogen-bond donors (Lipinski definition) is 1. The molecule has 2 aromatic heterocycles. The minimum Gasteiger partial charge on any atom is -0.481 e. The van der Waals surface area contributed by atoms with Crippen molar-refractivity contribution in [2.45, 2.75) is 19.4 Å². The maximum absolute atomic E-state index is 5.06. The fraction of sp³-hybridized carbons (Fsp3) is 0.333. The second-order valence-corrected chi connectivity index (χ2v) is 4.55. The number of hydrogen-bond acceptors (Lipinski definition) is 4. The molecule has 0 aliphatic heterocycles. The van der Waals surface area contributed by atoms with Crippen molar-refractivity contribution < 1.29 is 4.74 Å². The lowest BCUT2D eigenvalue weighted by Crippen LogP contribution is -2.19. The zero-order valence-corrected chi connectivity index (χ0v) is 11.6. The first-order valence-electron chi connectivity index (χ1n) is 6.30. The molecule has 0 aromatic carbocycles. The zero-order valence-electron chi connectivity index (χ0n) is 11.6. The Balaban J connectivity index is 2.14. The van der Waals surface area contributed by atoms with Crippen LogP contribution in [0.3, 0.4) is 0 Å². The van der Waals surface area contributed by atoms with Crippen LogP contribution < -0.4 is 10.1 Å². The van der Waals surface area contributed by atoms with Crippen LogP contribution in [-0.4, -0.2) is 24.1 Å². The molecule has 0 spiro atoms. The Morgan fingerprint density at radius 1 is 1.26 bits per heavy atom. The van der Waals surface area contributed by atoms with Crippen molar-refractivity contribution in [3.8, 4) is 5.88 Å². The second kappa shape index (κ2) is 6.29. The number of nitrogens with one attached hydrogen (secondary N) is 1. The van der Waals surface area contributed by atoms with Crippen LogP contribution in [0.25, 0.3) is 0 Å². The van der Waals surface area contributed by atoms with Crippen LogP contribution in [-0.2, 0) is 6.42 Å². The van der Waals surface area contributed by atoms with E-state index in [4.69, 9.17) is 4.74 Å². The summed E-state index contributed by atoms with van der Waals surface area (Å²) in [5.74, 6) is 0.641. The van der Waals surface area contributed by atoms with Gasteiger partial charge in [-0.25, -0.2) is 4.98 Å². The maximum Gasteiger partial charge on any atom is 0.212 e. The van der Waals surface area contributed by atoms with E-state index in [9.17, 15) is 0 Å². The van der Waals surface area contributed by atoms with Crippen molar-refractivity contribution in [2.75, 3.05) is 14.2 Å². The monoisotopic (exact) mass is 257 g/mol. The van der Waals surface area contributed by atoms with Crippen molar-refractivity contribution in [3.05, 3.63) is 53.5 Å². The molecular weight excluding hydrogens is 238 g/mol. The number of aryl methyl sites for hydroxylation is 1. The predicted octanol–water partition coefficient (Wildman–Crippen LogP) is 2.30. The fourth-order valence-corrected chi connectivity index (χ4v) is 2.04. The molecule has 19 heavy (non-hydrogen) atoms. The Morgan fingerprint density at radius 2 is 2.11 bits per heavy atom. The van der Waals surface area contributed by atoms with Crippen molar-refractivity contribution >= 4 is 0 Å². The van der Waals surface area contributed by atoms with Gasteiger partial charge in [0.15, 0.2) is 0 Å². The van der Waals surface area contributed by atoms with E-state index >= 15 is 0 Å². The van der Waals surface area contributed by atoms with Gasteiger partial charge >= 0.3 is 0 Å². The Morgan fingerprint density at radius 3 is 2.68 bits per heavy atom. The van der Waals surface area contributed by atoms with Crippen LogP contribution >= 0.6 is 0 Å². The van der Waals surface area contributed by atoms with Crippen molar-refractivity contribution in [1.29, 1.82) is 0 Å². The molecule has 2 heterocycles. The summed E-state index contributed by atoms with van der Waals surface area (Å²) in [6, 6.07) is 6.32. The SMILES string of the molecule is CNC(Cc1ccc(OC)nc1)c1cncc(C)c1. The van der Waals surface area contributed by atoms with Crippen LogP contribution in [0.2, 0.25) is 0 Å². The largest absolute Gasteiger partial charge is 0.481 e. The van der Waals surface area contributed by atoms with E-state index in [0.29, 0.717) is 5.88 Å². The second-order valence-electron chi connectivity index (χ2n) is 4.55. The molecule has 0 fully saturated rings. The van der Waals surface area contributed by atoms with Gasteiger partial charge in [-0.15, -0.1) is 0 Å². The molecule has 0 radical (unpaired) electrons. The van der Waals surface area contributed by atoms with E-state index in [2.05, 4.69) is 28.3 Å². The van der Waals surface area contributed by atoms with Gasteiger partial charge < -0.3 is 10.1 Å². The molecule has 4 nitrogen and oxygen atoms in total. The topological polar surface area (TPSA) is 47.0 Å². The molecule has 1 unspecified atom stereocenters. The lowest BCUT2D eigenvalue weighted by molar-refractivity contribution is 0.397. The average Bonchev–Trinajstić information content (AvgIpc) is 2.45. The van der Waals surface area contributed by atoms with Gasteiger partial charge in [0.2, 0.25) is 5.88 Å². The third kappa shape index (κ3) is 3.51. The first-order chi connectivity index (χ1) is 9.22. The molecule has 2 aromatic rings. The first-order valence-corrected chi connectivity index (χ1v) is 6.30. The summed E-state index contributed by atoms with van der Waals surface area (Å²) in [6.45, 7) is 2.05. The molecule has 0 amide bonds. The number of rotatable bonds is 5. The van der Waals surface area contributed by atoms with Crippen LogP contribution in [0.4, 0.5) is 0 Å². The first kappa shape index (κ1) is 13.5. The van der Waals surface area contributed by atoms with Crippen LogP contribution in [0.1, 0.15) is 22.7 Å². The molecule has 0 aliphatic rings. The van der Waals surface area contributed by atoms with Crippen molar-refractivity contribution in [1.82, 2.24) is 15.3 Å². The summed E-state index contributed by atoms with van der Waals surface area (Å²) in [6.07, 6.45) is 6.50. The Hall–Kier alpha value is -1.94. The van der Waals surface area contributed by atoms with Crippen molar-refractivity contribution in [3.63, 3.8) is 0 Å². The smallest absolute Gasteiger partial charge is 0.212 e. The summed E-state index contributed by atoms with van der Waals surface area (Å²) >= 11 is 0. The molecule has 2 rings (SSSR count). The van der Waals surface area contributed by atoms with Crippen molar-refractivity contribution in [2.24, 2.45) is 0 Å². The third-order valence-electron chi connectivity index (χ3n) is 3.09. The Bertz CT molecular complexity index is 525. The van der Waals surface area contributed by atoms with Crippen LogP contribution in [0, 0.1) is 6.92 Å². The number of aromatic nitrogens is 2. The van der Waals surface area contributed by atoms with Gasteiger partial charge in [0.05, 0.1) is 7.11 Å². The molecular formula is C15H19N3O. The Kier molecular flexibility index (Phi) is 4.47. The van der Waals surface area contributed by atoms with Gasteiger partial charge in [-0.1, -0.05) is 12.1 Å². The summed E-state index contributed by atoms with van der Waals surface area (Å²) in [5, 5.41) is 3.32. The highest BCUT2D eigenvalue weighted by atomic mass is 16.5. The maximum atomic E-state index is 5.06. The molecule has 0 bridgehead atoms. The average molecular weight is 257 g/mol. The van der Waals surface area contributed by atoms with Gasteiger partial charge in [0, 0.05) is 30.7 Å². The molecule has 1 N–H and O–H groups in total. The zero-order chi connectivity index (χ0) is 13.7. The molecule has 100 valence electrons. The highest BCUT2D eigenvalue weighted by Gasteiger charge is 2.11. The van der Waals surface area contributed by atoms with Gasteiger partial charge in [0.1, 0.15) is 0 Å². The number of pyridine rings is 2. The normalized spacial score (nSPS) is 12.2. The van der Waals surface area contributed by atoms with E-state index in [-0.39, 0.29) is 6.04 Å². The molecule has 4 heteroatoms. The minimum absolute atomic E-state index is 0.239. The van der Waals surface area contributed by atoms with E-state index in [1.54, 1.807) is 7.11 Å². The summed E-state index contributed by atoms with van der Waals surface area (Å²) in [5.41, 5.74) is 3.53. The molecule has 1 atom stereocenters. The van der Waals surface area contributed by atoms with Gasteiger partial charge in [0.25, 0.3) is 0 Å². The Labute approximate surface area is 113 Å². The predicted molar refractivity (Wildman–Crippen MR) is 75.3 cm³/mol. The lowest BCUT2D eigenvalue weighted by atomic mass is 10.0. The lowest BCUT2D eigenvalue weighted by Gasteiger charge is -2.16. The third-order valence-corrected chi connectivity index (χ3v) is 3.09. The number of methoxy groups -OCH3 is 1. The fourth-order valence-electron chi connectivity index (χ4n) is 2.04. The summed E-state index contributed by atoms with van der Waals surface area (Å²) in [7, 11) is 3.58. The van der Waals surface area contributed by atoms with E-state index in [1.165, 1.54) is 16.7 Å². The van der Waals surface area contributed by atoms with Gasteiger partial charge in [-0.05, 0) is 37.1 Å².